The van der Waals surface area contributed by atoms with Crippen molar-refractivity contribution >= 4 is 33.3 Å². The summed E-state index contributed by atoms with van der Waals surface area (Å²) in [5.74, 6) is 0.802. The third-order valence-electron chi connectivity index (χ3n) is 6.21. The fraction of sp³-hybridized carbons (Fsp3) is 0.296. The Kier molecular flexibility index (Phi) is 5.84. The third kappa shape index (κ3) is 3.78. The largest absolute Gasteiger partial charge is 0.493 e. The number of aryl methyl sites for hydroxylation is 3. The summed E-state index contributed by atoms with van der Waals surface area (Å²) in [7, 11) is 1.57. The number of methoxy groups -OCH3 is 1. The molecule has 0 unspecified atom stereocenters. The van der Waals surface area contributed by atoms with E-state index in [1.165, 1.54) is 11.3 Å². The van der Waals surface area contributed by atoms with Crippen LogP contribution in [0.15, 0.2) is 45.6 Å². The standard InChI is InChI=1S/C27H26N2O5S/c1-6-11-33-20-10-8-17(13-21(20)32-5)23-22-24(30)18-12-14(2)7-9-19(18)34-25(22)26(31)29(23)27-28-15(3)16(4)35-27/h7-10,12-13,23H,6,11H2,1-5H3/t23-/m1/s1. The molecule has 1 aliphatic heterocycles. The molecular formula is C27H26N2O5S. The highest BCUT2D eigenvalue weighted by Gasteiger charge is 2.45. The van der Waals surface area contributed by atoms with Crippen molar-refractivity contribution in [3.8, 4) is 11.5 Å². The molecule has 0 saturated heterocycles. The number of ether oxygens (including phenoxy) is 2. The summed E-state index contributed by atoms with van der Waals surface area (Å²) in [5, 5.41) is 0.969. The van der Waals surface area contributed by atoms with E-state index >= 15 is 0 Å². The molecule has 180 valence electrons. The van der Waals surface area contributed by atoms with Crippen molar-refractivity contribution < 1.29 is 18.7 Å². The van der Waals surface area contributed by atoms with Crippen LogP contribution in [0.4, 0.5) is 5.13 Å². The summed E-state index contributed by atoms with van der Waals surface area (Å²) >= 11 is 1.42. The van der Waals surface area contributed by atoms with Crippen LogP contribution in [0.1, 0.15) is 57.2 Å². The average molecular weight is 491 g/mol. The minimum absolute atomic E-state index is 0.0483. The Morgan fingerprint density at radius 3 is 2.57 bits per heavy atom. The van der Waals surface area contributed by atoms with Gasteiger partial charge in [0.1, 0.15) is 5.58 Å². The lowest BCUT2D eigenvalue weighted by molar-refractivity contribution is 0.0971. The number of thiazole rings is 1. The van der Waals surface area contributed by atoms with Crippen molar-refractivity contribution in [1.29, 1.82) is 0 Å². The SMILES string of the molecule is CCCOc1ccc([C@@H]2c3c(oc4ccc(C)cc4c3=O)C(=O)N2c2nc(C)c(C)s2)cc1OC. The summed E-state index contributed by atoms with van der Waals surface area (Å²) in [6.45, 7) is 8.37. The van der Waals surface area contributed by atoms with Gasteiger partial charge in [0.2, 0.25) is 5.76 Å². The van der Waals surface area contributed by atoms with Crippen LogP contribution in [0.25, 0.3) is 11.0 Å². The van der Waals surface area contributed by atoms with E-state index in [1.54, 1.807) is 24.1 Å². The molecule has 5 rings (SSSR count). The van der Waals surface area contributed by atoms with Crippen LogP contribution in [-0.2, 0) is 0 Å². The number of carbonyl (C=O) groups excluding carboxylic acids is 1. The van der Waals surface area contributed by atoms with Crippen LogP contribution in [-0.4, -0.2) is 24.6 Å². The monoisotopic (exact) mass is 490 g/mol. The van der Waals surface area contributed by atoms with Crippen LogP contribution in [0, 0.1) is 20.8 Å². The number of anilines is 1. The first-order chi connectivity index (χ1) is 16.8. The summed E-state index contributed by atoms with van der Waals surface area (Å²) in [4.78, 5) is 34.7. The number of hydrogen-bond donors (Lipinski definition) is 0. The second kappa shape index (κ2) is 8.85. The van der Waals surface area contributed by atoms with Gasteiger partial charge in [0.05, 0.1) is 36.4 Å². The van der Waals surface area contributed by atoms with Crippen LogP contribution in [0.3, 0.4) is 0 Å². The molecular weight excluding hydrogens is 464 g/mol. The Morgan fingerprint density at radius 2 is 1.89 bits per heavy atom. The Morgan fingerprint density at radius 1 is 1.09 bits per heavy atom. The molecule has 2 aromatic heterocycles. The molecule has 0 fully saturated rings. The van der Waals surface area contributed by atoms with Gasteiger partial charge in [-0.05, 0) is 57.0 Å². The number of rotatable bonds is 6. The van der Waals surface area contributed by atoms with Crippen molar-refractivity contribution in [2.75, 3.05) is 18.6 Å². The molecule has 3 heterocycles. The van der Waals surface area contributed by atoms with Gasteiger partial charge in [-0.1, -0.05) is 24.6 Å². The highest BCUT2D eigenvalue weighted by atomic mass is 32.1. The molecule has 1 atom stereocenters. The Labute approximate surface area is 206 Å². The quantitative estimate of drug-likeness (QED) is 0.344. The molecule has 0 radical (unpaired) electrons. The fourth-order valence-electron chi connectivity index (χ4n) is 4.34. The van der Waals surface area contributed by atoms with Crippen molar-refractivity contribution in [2.45, 2.75) is 40.2 Å². The van der Waals surface area contributed by atoms with E-state index in [0.717, 1.165) is 22.6 Å². The summed E-state index contributed by atoms with van der Waals surface area (Å²) in [6, 6.07) is 10.2. The third-order valence-corrected chi connectivity index (χ3v) is 7.29. The highest BCUT2D eigenvalue weighted by molar-refractivity contribution is 7.15. The van der Waals surface area contributed by atoms with Crippen LogP contribution >= 0.6 is 11.3 Å². The number of fused-ring (bicyclic) bond motifs is 2. The first-order valence-electron chi connectivity index (χ1n) is 11.5. The van der Waals surface area contributed by atoms with Gasteiger partial charge >= 0.3 is 0 Å². The van der Waals surface area contributed by atoms with Crippen molar-refractivity contribution in [1.82, 2.24) is 4.98 Å². The second-order valence-corrected chi connectivity index (χ2v) is 9.83. The number of amides is 1. The number of nitrogens with zero attached hydrogens (tertiary/aromatic N) is 2. The van der Waals surface area contributed by atoms with Crippen LogP contribution < -0.4 is 19.8 Å². The second-order valence-electron chi connectivity index (χ2n) is 8.65. The Hall–Kier alpha value is -3.65. The zero-order chi connectivity index (χ0) is 24.9. The van der Waals surface area contributed by atoms with Gasteiger partial charge in [-0.25, -0.2) is 4.98 Å². The van der Waals surface area contributed by atoms with Gasteiger partial charge in [0.25, 0.3) is 5.91 Å². The maximum atomic E-state index is 13.8. The number of benzene rings is 2. The number of hydrogen-bond acceptors (Lipinski definition) is 7. The van der Waals surface area contributed by atoms with E-state index in [-0.39, 0.29) is 17.1 Å². The lowest BCUT2D eigenvalue weighted by atomic mass is 9.98. The predicted molar refractivity (Wildman–Crippen MR) is 136 cm³/mol. The Bertz CT molecular complexity index is 1500. The maximum absolute atomic E-state index is 13.8. The van der Waals surface area contributed by atoms with Crippen LogP contribution in [0.2, 0.25) is 0 Å². The first kappa shape index (κ1) is 23.1. The highest BCUT2D eigenvalue weighted by Crippen LogP contribution is 2.44. The maximum Gasteiger partial charge on any atom is 0.297 e. The zero-order valence-corrected chi connectivity index (χ0v) is 21.1. The lowest BCUT2D eigenvalue weighted by Crippen LogP contribution is -2.29. The average Bonchev–Trinajstić information content (AvgIpc) is 3.33. The van der Waals surface area contributed by atoms with Gasteiger partial charge in [-0.15, -0.1) is 11.3 Å². The molecule has 2 aromatic carbocycles. The molecule has 0 bridgehead atoms. The molecule has 0 aliphatic carbocycles. The van der Waals surface area contributed by atoms with Crippen LogP contribution in [0.5, 0.6) is 11.5 Å². The fourth-order valence-corrected chi connectivity index (χ4v) is 5.28. The van der Waals surface area contributed by atoms with Crippen molar-refractivity contribution in [3.05, 3.63) is 79.6 Å². The van der Waals surface area contributed by atoms with Gasteiger partial charge in [-0.3, -0.25) is 14.5 Å². The molecule has 7 nitrogen and oxygen atoms in total. The normalized spacial score (nSPS) is 15.1. The van der Waals surface area contributed by atoms with Crippen molar-refractivity contribution in [2.24, 2.45) is 0 Å². The van der Waals surface area contributed by atoms with Gasteiger partial charge in [0.15, 0.2) is 22.1 Å². The molecule has 8 heteroatoms. The van der Waals surface area contributed by atoms with Gasteiger partial charge < -0.3 is 13.9 Å². The molecule has 4 aromatic rings. The Balaban J connectivity index is 1.76. The molecule has 0 spiro atoms. The van der Waals surface area contributed by atoms with Crippen molar-refractivity contribution in [3.63, 3.8) is 0 Å². The topological polar surface area (TPSA) is 81.9 Å². The lowest BCUT2D eigenvalue weighted by Gasteiger charge is -2.23. The summed E-state index contributed by atoms with van der Waals surface area (Å²) in [6.07, 6.45) is 0.861. The molecule has 35 heavy (non-hydrogen) atoms. The predicted octanol–water partition coefficient (Wildman–Crippen LogP) is 5.72. The molecule has 1 aliphatic rings. The summed E-state index contributed by atoms with van der Waals surface area (Å²) in [5.41, 5.74) is 2.97. The number of carbonyl (C=O) groups is 1. The summed E-state index contributed by atoms with van der Waals surface area (Å²) < 4.78 is 17.5. The van der Waals surface area contributed by atoms with E-state index in [4.69, 9.17) is 13.9 Å². The number of aromatic nitrogens is 1. The van der Waals surface area contributed by atoms with E-state index < -0.39 is 6.04 Å². The molecule has 0 saturated carbocycles. The molecule has 0 N–H and O–H groups in total. The van der Waals surface area contributed by atoms with Gasteiger partial charge in [0, 0.05) is 4.88 Å². The van der Waals surface area contributed by atoms with E-state index in [2.05, 4.69) is 4.98 Å². The minimum atomic E-state index is -0.710. The van der Waals surface area contributed by atoms with E-state index in [0.29, 0.717) is 45.3 Å². The smallest absolute Gasteiger partial charge is 0.297 e. The zero-order valence-electron chi connectivity index (χ0n) is 20.3. The van der Waals surface area contributed by atoms with E-state index in [9.17, 15) is 9.59 Å². The minimum Gasteiger partial charge on any atom is -0.493 e. The van der Waals surface area contributed by atoms with Gasteiger partial charge in [-0.2, -0.15) is 0 Å². The first-order valence-corrected chi connectivity index (χ1v) is 12.3. The van der Waals surface area contributed by atoms with E-state index in [1.807, 2.05) is 52.0 Å². The molecule has 1 amide bonds.